The van der Waals surface area contributed by atoms with Crippen LogP contribution in [0.5, 0.6) is 0 Å². The number of hydrogen-bond acceptors (Lipinski definition) is 6. The summed E-state index contributed by atoms with van der Waals surface area (Å²) in [6, 6.07) is 6.98. The van der Waals surface area contributed by atoms with Crippen LogP contribution in [0.4, 0.5) is 0 Å². The predicted octanol–water partition coefficient (Wildman–Crippen LogP) is -0.0939. The third kappa shape index (κ3) is 2.35. The van der Waals surface area contributed by atoms with Gasteiger partial charge in [-0.05, 0) is 12.1 Å². The lowest BCUT2D eigenvalue weighted by atomic mass is 10.3. The summed E-state index contributed by atoms with van der Waals surface area (Å²) >= 11 is 0. The van der Waals surface area contributed by atoms with Gasteiger partial charge in [-0.15, -0.1) is 0 Å². The topological polar surface area (TPSA) is 99.5 Å². The van der Waals surface area contributed by atoms with Gasteiger partial charge in [0.15, 0.2) is 5.58 Å². The Bertz CT molecular complexity index is 586. The summed E-state index contributed by atoms with van der Waals surface area (Å²) in [6.07, 6.45) is 0.0215. The Morgan fingerprint density at radius 1 is 1.47 bits per heavy atom. The van der Waals surface area contributed by atoms with E-state index in [4.69, 9.17) is 10.3 Å². The van der Waals surface area contributed by atoms with Crippen LogP contribution in [0.2, 0.25) is 0 Å². The van der Waals surface area contributed by atoms with Crippen molar-refractivity contribution in [2.24, 2.45) is 5.84 Å². The van der Waals surface area contributed by atoms with E-state index >= 15 is 0 Å². The zero-order valence-corrected chi connectivity index (χ0v) is 8.88. The summed E-state index contributed by atoms with van der Waals surface area (Å²) in [5.74, 6) is 3.77. The van der Waals surface area contributed by atoms with Gasteiger partial charge in [0.1, 0.15) is 0 Å². The molecule has 0 amide bonds. The number of nitrogens with two attached hydrogens (primary N) is 1. The number of carbonyl (C=O) groups is 1. The maximum Gasteiger partial charge on any atom is 0.419 e. The summed E-state index contributed by atoms with van der Waals surface area (Å²) in [5.41, 5.74) is 2.92. The highest BCUT2D eigenvalue weighted by atomic mass is 16.7. The van der Waals surface area contributed by atoms with Crippen LogP contribution < -0.4 is 17.2 Å². The maximum absolute atomic E-state index is 11.5. The van der Waals surface area contributed by atoms with Crippen molar-refractivity contribution in [3.8, 4) is 0 Å². The standard InChI is InChI=1S/C10H11N3O4/c11-12-17-9(14)5-6-13-7-3-1-2-4-8(7)16-10(13)15/h1-4,12H,5-6,11H2. The zero-order valence-electron chi connectivity index (χ0n) is 8.88. The summed E-state index contributed by atoms with van der Waals surface area (Å²) in [6.45, 7) is 0.177. The van der Waals surface area contributed by atoms with Crippen molar-refractivity contribution in [3.05, 3.63) is 34.8 Å². The summed E-state index contributed by atoms with van der Waals surface area (Å²) in [5, 5.41) is 0. The average Bonchev–Trinajstić information content (AvgIpc) is 2.62. The quantitative estimate of drug-likeness (QED) is 0.569. The van der Waals surface area contributed by atoms with E-state index in [1.54, 1.807) is 29.9 Å². The number of nitrogens with one attached hydrogen (secondary N) is 1. The molecule has 17 heavy (non-hydrogen) atoms. The van der Waals surface area contributed by atoms with Gasteiger partial charge in [0.2, 0.25) is 0 Å². The minimum absolute atomic E-state index is 0.0215. The largest absolute Gasteiger partial charge is 0.419 e. The van der Waals surface area contributed by atoms with Gasteiger partial charge in [-0.1, -0.05) is 17.7 Å². The van der Waals surface area contributed by atoms with E-state index in [0.29, 0.717) is 11.1 Å². The first-order valence-electron chi connectivity index (χ1n) is 4.96. The maximum atomic E-state index is 11.5. The Balaban J connectivity index is 2.21. The third-order valence-corrected chi connectivity index (χ3v) is 2.29. The van der Waals surface area contributed by atoms with E-state index in [9.17, 15) is 9.59 Å². The summed E-state index contributed by atoms with van der Waals surface area (Å²) < 4.78 is 6.37. The first-order chi connectivity index (χ1) is 8.22. The third-order valence-electron chi connectivity index (χ3n) is 2.29. The molecule has 1 aromatic heterocycles. The molecule has 7 heteroatoms. The molecule has 7 nitrogen and oxygen atoms in total. The number of fused-ring (bicyclic) bond motifs is 1. The molecule has 0 saturated carbocycles. The Morgan fingerprint density at radius 2 is 2.24 bits per heavy atom. The van der Waals surface area contributed by atoms with E-state index in [-0.39, 0.29) is 13.0 Å². The molecule has 1 aromatic carbocycles. The molecule has 0 fully saturated rings. The van der Waals surface area contributed by atoms with Gasteiger partial charge < -0.3 is 9.25 Å². The van der Waals surface area contributed by atoms with Gasteiger partial charge in [0.05, 0.1) is 11.9 Å². The number of rotatable bonds is 4. The van der Waals surface area contributed by atoms with Crippen molar-refractivity contribution in [1.82, 2.24) is 10.2 Å². The number of aryl methyl sites for hydroxylation is 1. The first kappa shape index (κ1) is 11.4. The van der Waals surface area contributed by atoms with Crippen molar-refractivity contribution in [1.29, 1.82) is 0 Å². The summed E-state index contributed by atoms with van der Waals surface area (Å²) in [7, 11) is 0. The molecule has 3 N–H and O–H groups in total. The van der Waals surface area contributed by atoms with Crippen LogP contribution in [0.15, 0.2) is 33.5 Å². The molecule has 0 saturated heterocycles. The van der Waals surface area contributed by atoms with E-state index in [0.717, 1.165) is 0 Å². The molecule has 0 aliphatic carbocycles. The second kappa shape index (κ2) is 4.81. The number of benzene rings is 1. The van der Waals surface area contributed by atoms with Gasteiger partial charge in [-0.3, -0.25) is 9.36 Å². The fourth-order valence-corrected chi connectivity index (χ4v) is 1.55. The van der Waals surface area contributed by atoms with Gasteiger partial charge in [-0.2, -0.15) is 0 Å². The van der Waals surface area contributed by atoms with E-state index in [1.807, 2.05) is 0 Å². The van der Waals surface area contributed by atoms with Crippen LogP contribution in [0.1, 0.15) is 6.42 Å². The zero-order chi connectivity index (χ0) is 12.3. The predicted molar refractivity (Wildman–Crippen MR) is 58.5 cm³/mol. The molecular formula is C10H11N3O4. The van der Waals surface area contributed by atoms with Crippen LogP contribution in [-0.2, 0) is 16.2 Å². The highest BCUT2D eigenvalue weighted by Crippen LogP contribution is 2.11. The number of hydrazine groups is 1. The lowest BCUT2D eigenvalue weighted by molar-refractivity contribution is -0.151. The van der Waals surface area contributed by atoms with Crippen molar-refractivity contribution in [2.45, 2.75) is 13.0 Å². The van der Waals surface area contributed by atoms with Crippen LogP contribution in [0.3, 0.4) is 0 Å². The second-order valence-corrected chi connectivity index (χ2v) is 3.33. The number of aromatic nitrogens is 1. The minimum atomic E-state index is -0.551. The Labute approximate surface area is 95.7 Å². The molecule has 0 bridgehead atoms. The van der Waals surface area contributed by atoms with E-state index < -0.39 is 11.7 Å². The molecule has 0 radical (unpaired) electrons. The lowest BCUT2D eigenvalue weighted by Crippen LogP contribution is -2.27. The van der Waals surface area contributed by atoms with Gasteiger partial charge in [-0.25, -0.2) is 10.6 Å². The molecule has 2 aromatic rings. The minimum Gasteiger partial charge on any atom is -0.408 e. The SMILES string of the molecule is NNOC(=O)CCn1c(=O)oc2ccccc21. The fraction of sp³-hybridized carbons (Fsp3) is 0.200. The number of para-hydroxylation sites is 2. The Morgan fingerprint density at radius 3 is 3.00 bits per heavy atom. The van der Waals surface area contributed by atoms with Gasteiger partial charge in [0, 0.05) is 6.54 Å². The molecule has 90 valence electrons. The normalized spacial score (nSPS) is 10.6. The molecular weight excluding hydrogens is 226 g/mol. The van der Waals surface area contributed by atoms with Crippen LogP contribution in [0, 0.1) is 0 Å². The number of nitrogens with zero attached hydrogens (tertiary/aromatic N) is 1. The highest BCUT2D eigenvalue weighted by Gasteiger charge is 2.10. The molecule has 0 spiro atoms. The van der Waals surface area contributed by atoms with E-state index in [1.165, 1.54) is 4.57 Å². The van der Waals surface area contributed by atoms with Crippen LogP contribution in [-0.4, -0.2) is 10.5 Å². The Kier molecular flexibility index (Phi) is 3.22. The van der Waals surface area contributed by atoms with Crippen molar-refractivity contribution in [2.75, 3.05) is 0 Å². The monoisotopic (exact) mass is 237 g/mol. The number of oxazole rings is 1. The molecule has 1 heterocycles. The van der Waals surface area contributed by atoms with Crippen LogP contribution in [0.25, 0.3) is 11.1 Å². The molecule has 0 aliphatic rings. The fourth-order valence-electron chi connectivity index (χ4n) is 1.55. The average molecular weight is 237 g/mol. The van der Waals surface area contributed by atoms with Crippen molar-refractivity contribution in [3.63, 3.8) is 0 Å². The summed E-state index contributed by atoms with van der Waals surface area (Å²) in [4.78, 5) is 26.9. The number of carbonyl (C=O) groups excluding carboxylic acids is 1. The molecule has 0 aliphatic heterocycles. The molecule has 2 rings (SSSR count). The molecule has 0 unspecified atom stereocenters. The smallest absolute Gasteiger partial charge is 0.408 e. The van der Waals surface area contributed by atoms with Gasteiger partial charge in [0.25, 0.3) is 0 Å². The Hall–Kier alpha value is -2.12. The van der Waals surface area contributed by atoms with Crippen LogP contribution >= 0.6 is 0 Å². The number of hydrogen-bond donors (Lipinski definition) is 2. The molecule has 0 atom stereocenters. The van der Waals surface area contributed by atoms with E-state index in [2.05, 4.69) is 4.84 Å². The van der Waals surface area contributed by atoms with Crippen molar-refractivity contribution < 1.29 is 14.0 Å². The van der Waals surface area contributed by atoms with Crippen molar-refractivity contribution >= 4 is 17.1 Å². The first-order valence-corrected chi connectivity index (χ1v) is 4.96. The van der Waals surface area contributed by atoms with Gasteiger partial charge >= 0.3 is 11.7 Å². The highest BCUT2D eigenvalue weighted by molar-refractivity contribution is 5.73. The second-order valence-electron chi connectivity index (χ2n) is 3.33. The lowest BCUT2D eigenvalue weighted by Gasteiger charge is -2.01.